The van der Waals surface area contributed by atoms with E-state index in [2.05, 4.69) is 37.2 Å². The molecule has 0 amide bonds. The lowest BCUT2D eigenvalue weighted by atomic mass is 10.4. The van der Waals surface area contributed by atoms with E-state index in [4.69, 9.17) is 10.6 Å². The zero-order valence-corrected chi connectivity index (χ0v) is 12.3. The van der Waals surface area contributed by atoms with E-state index in [0.717, 1.165) is 32.6 Å². The fourth-order valence-corrected chi connectivity index (χ4v) is 2.06. The minimum atomic E-state index is 0.00569. The smallest absolute Gasteiger partial charge is 0.323 e. The van der Waals surface area contributed by atoms with Crippen molar-refractivity contribution < 1.29 is 4.74 Å². The Balaban J connectivity index is 2.20. The molecule has 0 saturated carbocycles. The molecule has 8 nitrogen and oxygen atoms in total. The zero-order chi connectivity index (χ0) is 14.5. The molecule has 0 unspecified atom stereocenters. The van der Waals surface area contributed by atoms with Crippen LogP contribution < -0.4 is 20.9 Å². The number of anilines is 2. The van der Waals surface area contributed by atoms with Gasteiger partial charge in [-0.3, -0.25) is 5.43 Å². The standard InChI is InChI=1S/C12H23N7O/c1-9(2)20-12-15-10(17-13)14-11(16-12)19-6-4-5-18(3)7-8-19/h9H,4-8,13H2,1-3H3,(H,14,15,16,17). The molecule has 1 aliphatic rings. The fourth-order valence-electron chi connectivity index (χ4n) is 2.06. The molecule has 0 aromatic carbocycles. The van der Waals surface area contributed by atoms with Gasteiger partial charge in [-0.05, 0) is 33.9 Å². The summed E-state index contributed by atoms with van der Waals surface area (Å²) in [4.78, 5) is 17.2. The Morgan fingerprint density at radius 3 is 2.65 bits per heavy atom. The van der Waals surface area contributed by atoms with E-state index >= 15 is 0 Å². The molecule has 8 heteroatoms. The fraction of sp³-hybridized carbons (Fsp3) is 0.750. The molecular weight excluding hydrogens is 258 g/mol. The summed E-state index contributed by atoms with van der Waals surface area (Å²) < 4.78 is 5.55. The summed E-state index contributed by atoms with van der Waals surface area (Å²) in [5, 5.41) is 0. The molecule has 112 valence electrons. The van der Waals surface area contributed by atoms with Gasteiger partial charge in [-0.25, -0.2) is 5.84 Å². The summed E-state index contributed by atoms with van der Waals surface area (Å²) in [5.41, 5.74) is 2.47. The van der Waals surface area contributed by atoms with Crippen LogP contribution in [0.5, 0.6) is 6.01 Å². The number of nitrogens with one attached hydrogen (secondary N) is 1. The number of aromatic nitrogens is 3. The predicted molar refractivity (Wildman–Crippen MR) is 77.7 cm³/mol. The van der Waals surface area contributed by atoms with Gasteiger partial charge in [0.25, 0.3) is 0 Å². The van der Waals surface area contributed by atoms with Gasteiger partial charge < -0.3 is 14.5 Å². The molecule has 0 aliphatic carbocycles. The maximum absolute atomic E-state index is 5.55. The minimum absolute atomic E-state index is 0.00569. The van der Waals surface area contributed by atoms with Crippen LogP contribution >= 0.6 is 0 Å². The predicted octanol–water partition coefficient (Wildman–Crippen LogP) is 0.0863. The van der Waals surface area contributed by atoms with Gasteiger partial charge in [0, 0.05) is 19.6 Å². The largest absolute Gasteiger partial charge is 0.461 e. The number of nitrogens with zero attached hydrogens (tertiary/aromatic N) is 5. The van der Waals surface area contributed by atoms with Crippen LogP contribution in [-0.4, -0.2) is 59.2 Å². The first-order valence-electron chi connectivity index (χ1n) is 6.91. The van der Waals surface area contributed by atoms with E-state index in [1.165, 1.54) is 0 Å². The molecule has 1 aliphatic heterocycles. The Morgan fingerprint density at radius 2 is 1.95 bits per heavy atom. The van der Waals surface area contributed by atoms with Crippen molar-refractivity contribution in [2.45, 2.75) is 26.4 Å². The van der Waals surface area contributed by atoms with Gasteiger partial charge >= 0.3 is 6.01 Å². The van der Waals surface area contributed by atoms with Crippen molar-refractivity contribution in [2.24, 2.45) is 5.84 Å². The second-order valence-electron chi connectivity index (χ2n) is 5.20. The lowest BCUT2D eigenvalue weighted by Crippen LogP contribution is -2.31. The highest BCUT2D eigenvalue weighted by Gasteiger charge is 2.17. The third kappa shape index (κ3) is 3.91. The monoisotopic (exact) mass is 281 g/mol. The highest BCUT2D eigenvalue weighted by atomic mass is 16.5. The van der Waals surface area contributed by atoms with Crippen molar-refractivity contribution in [3.63, 3.8) is 0 Å². The summed E-state index contributed by atoms with van der Waals surface area (Å²) in [7, 11) is 2.12. The third-order valence-corrected chi connectivity index (χ3v) is 3.08. The maximum Gasteiger partial charge on any atom is 0.323 e. The summed E-state index contributed by atoms with van der Waals surface area (Å²) >= 11 is 0. The number of hydrogen-bond donors (Lipinski definition) is 2. The van der Waals surface area contributed by atoms with Gasteiger partial charge in [0.2, 0.25) is 11.9 Å². The first-order chi connectivity index (χ1) is 9.58. The molecule has 0 spiro atoms. The highest BCUT2D eigenvalue weighted by molar-refractivity contribution is 5.38. The summed E-state index contributed by atoms with van der Waals surface area (Å²) in [6.45, 7) is 7.72. The number of ether oxygens (including phenoxy) is 1. The molecule has 1 saturated heterocycles. The average molecular weight is 281 g/mol. The Kier molecular flexibility index (Phi) is 4.91. The lowest BCUT2D eigenvalue weighted by molar-refractivity contribution is 0.222. The molecule has 2 rings (SSSR count). The van der Waals surface area contributed by atoms with Crippen LogP contribution in [0.2, 0.25) is 0 Å². The van der Waals surface area contributed by atoms with E-state index in [-0.39, 0.29) is 6.10 Å². The topological polar surface area (TPSA) is 92.4 Å². The van der Waals surface area contributed by atoms with E-state index in [1.807, 2.05) is 13.8 Å². The summed E-state index contributed by atoms with van der Waals surface area (Å²) in [5.74, 6) is 6.35. The van der Waals surface area contributed by atoms with Crippen LogP contribution in [0.4, 0.5) is 11.9 Å². The molecule has 3 N–H and O–H groups in total. The van der Waals surface area contributed by atoms with Crippen LogP contribution in [0.25, 0.3) is 0 Å². The van der Waals surface area contributed by atoms with Crippen molar-refractivity contribution in [1.82, 2.24) is 19.9 Å². The average Bonchev–Trinajstić information content (AvgIpc) is 2.62. The molecule has 0 atom stereocenters. The lowest BCUT2D eigenvalue weighted by Gasteiger charge is -2.21. The van der Waals surface area contributed by atoms with Crippen LogP contribution in [-0.2, 0) is 0 Å². The number of hydrogen-bond acceptors (Lipinski definition) is 8. The molecule has 0 radical (unpaired) electrons. The molecule has 1 fully saturated rings. The second kappa shape index (κ2) is 6.67. The zero-order valence-electron chi connectivity index (χ0n) is 12.3. The Morgan fingerprint density at radius 1 is 1.15 bits per heavy atom. The van der Waals surface area contributed by atoms with E-state index in [1.54, 1.807) is 0 Å². The molecule has 2 heterocycles. The Bertz CT molecular complexity index is 440. The Labute approximate surface area is 119 Å². The van der Waals surface area contributed by atoms with Gasteiger partial charge in [0.15, 0.2) is 0 Å². The first kappa shape index (κ1) is 14.7. The third-order valence-electron chi connectivity index (χ3n) is 3.08. The van der Waals surface area contributed by atoms with Crippen LogP contribution in [0.3, 0.4) is 0 Å². The van der Waals surface area contributed by atoms with Crippen molar-refractivity contribution in [3.8, 4) is 6.01 Å². The van der Waals surface area contributed by atoms with Crippen molar-refractivity contribution in [3.05, 3.63) is 0 Å². The number of hydrazine groups is 1. The van der Waals surface area contributed by atoms with Gasteiger partial charge in [-0.2, -0.15) is 15.0 Å². The van der Waals surface area contributed by atoms with Crippen LogP contribution in [0, 0.1) is 0 Å². The summed E-state index contributed by atoms with van der Waals surface area (Å²) in [6.07, 6.45) is 1.08. The number of likely N-dealkylation sites (N-methyl/N-ethyl adjacent to an activating group) is 1. The molecule has 0 bridgehead atoms. The molecule has 1 aromatic rings. The SMILES string of the molecule is CC(C)Oc1nc(NN)nc(N2CCCN(C)CC2)n1. The number of nitrogen functional groups attached to an aromatic ring is 1. The summed E-state index contributed by atoms with van der Waals surface area (Å²) in [6, 6.07) is 0.301. The minimum Gasteiger partial charge on any atom is -0.461 e. The maximum atomic E-state index is 5.55. The molecule has 1 aromatic heterocycles. The van der Waals surface area contributed by atoms with E-state index < -0.39 is 0 Å². The highest BCUT2D eigenvalue weighted by Crippen LogP contribution is 2.17. The second-order valence-corrected chi connectivity index (χ2v) is 5.20. The van der Waals surface area contributed by atoms with Crippen LogP contribution in [0.15, 0.2) is 0 Å². The normalized spacial score (nSPS) is 17.1. The van der Waals surface area contributed by atoms with Gasteiger partial charge in [-0.15, -0.1) is 0 Å². The quantitative estimate of drug-likeness (QED) is 0.592. The number of rotatable bonds is 4. The number of nitrogens with two attached hydrogens (primary N) is 1. The van der Waals surface area contributed by atoms with Gasteiger partial charge in [0.05, 0.1) is 6.10 Å². The van der Waals surface area contributed by atoms with Gasteiger partial charge in [0.1, 0.15) is 0 Å². The van der Waals surface area contributed by atoms with E-state index in [9.17, 15) is 0 Å². The molecular formula is C12H23N7O. The Hall–Kier alpha value is -1.67. The van der Waals surface area contributed by atoms with Crippen molar-refractivity contribution in [2.75, 3.05) is 43.6 Å². The first-order valence-corrected chi connectivity index (χ1v) is 6.91. The van der Waals surface area contributed by atoms with Crippen molar-refractivity contribution in [1.29, 1.82) is 0 Å². The van der Waals surface area contributed by atoms with Crippen molar-refractivity contribution >= 4 is 11.9 Å². The van der Waals surface area contributed by atoms with E-state index in [0.29, 0.717) is 17.9 Å². The molecule has 20 heavy (non-hydrogen) atoms. The van der Waals surface area contributed by atoms with Gasteiger partial charge in [-0.1, -0.05) is 0 Å². The van der Waals surface area contributed by atoms with Crippen LogP contribution in [0.1, 0.15) is 20.3 Å².